The van der Waals surface area contributed by atoms with Crippen LogP contribution in [0.2, 0.25) is 0 Å². The molecule has 9 heteroatoms. The maximum atomic E-state index is 12.1. The lowest BCUT2D eigenvalue weighted by Crippen LogP contribution is -2.15. The highest BCUT2D eigenvalue weighted by Crippen LogP contribution is 2.40. The van der Waals surface area contributed by atoms with Crippen molar-refractivity contribution in [2.45, 2.75) is 45.4 Å². The number of anilines is 1. The summed E-state index contributed by atoms with van der Waals surface area (Å²) in [7, 11) is 1.92. The monoisotopic (exact) mass is 367 g/mol. The lowest BCUT2D eigenvalue weighted by atomic mass is 10.2. The SMILES string of the molecule is Cc1cc(C)nc(NC(=O)CCc2nnc(-c3cc(C4CC4)n(C)n3)o2)n1. The van der Waals surface area contributed by atoms with Crippen LogP contribution in [0, 0.1) is 13.8 Å². The molecule has 0 atom stereocenters. The van der Waals surface area contributed by atoms with Gasteiger partial charge >= 0.3 is 0 Å². The first-order chi connectivity index (χ1) is 13.0. The van der Waals surface area contributed by atoms with Crippen molar-refractivity contribution in [1.82, 2.24) is 29.9 Å². The molecule has 0 unspecified atom stereocenters. The van der Waals surface area contributed by atoms with Gasteiger partial charge < -0.3 is 4.42 Å². The summed E-state index contributed by atoms with van der Waals surface area (Å²) in [6, 6.07) is 3.85. The quantitative estimate of drug-likeness (QED) is 0.711. The van der Waals surface area contributed by atoms with E-state index in [1.165, 1.54) is 18.5 Å². The minimum atomic E-state index is -0.200. The van der Waals surface area contributed by atoms with Gasteiger partial charge in [0.1, 0.15) is 5.69 Å². The van der Waals surface area contributed by atoms with Crippen LogP contribution in [0.3, 0.4) is 0 Å². The number of amides is 1. The summed E-state index contributed by atoms with van der Waals surface area (Å²) in [5, 5.41) is 15.2. The first kappa shape index (κ1) is 17.3. The number of nitrogens with one attached hydrogen (secondary N) is 1. The summed E-state index contributed by atoms with van der Waals surface area (Å²) in [5.74, 6) is 1.49. The van der Waals surface area contributed by atoms with Gasteiger partial charge in [-0.3, -0.25) is 14.8 Å². The van der Waals surface area contributed by atoms with Gasteiger partial charge in [-0.05, 0) is 38.8 Å². The Morgan fingerprint density at radius 3 is 2.67 bits per heavy atom. The van der Waals surface area contributed by atoms with Gasteiger partial charge in [-0.1, -0.05) is 0 Å². The van der Waals surface area contributed by atoms with Crippen LogP contribution < -0.4 is 5.32 Å². The Hall–Kier alpha value is -3.10. The molecule has 27 heavy (non-hydrogen) atoms. The fourth-order valence-electron chi connectivity index (χ4n) is 3.00. The van der Waals surface area contributed by atoms with Crippen molar-refractivity contribution in [2.75, 3.05) is 5.32 Å². The van der Waals surface area contributed by atoms with E-state index in [9.17, 15) is 4.79 Å². The first-order valence-corrected chi connectivity index (χ1v) is 8.97. The molecule has 0 bridgehead atoms. The standard InChI is InChI=1S/C18H21N7O2/c1-10-8-11(2)20-18(19-10)21-15(26)6-7-16-22-23-17(27-16)13-9-14(12-4-5-12)25(3)24-13/h8-9,12H,4-7H2,1-3H3,(H,19,20,21,26). The minimum Gasteiger partial charge on any atom is -0.419 e. The fourth-order valence-corrected chi connectivity index (χ4v) is 3.00. The van der Waals surface area contributed by atoms with Crippen LogP contribution in [0.25, 0.3) is 11.6 Å². The molecule has 4 rings (SSSR count). The van der Waals surface area contributed by atoms with Gasteiger partial charge in [-0.15, -0.1) is 10.2 Å². The van der Waals surface area contributed by atoms with Gasteiger partial charge in [0.25, 0.3) is 5.89 Å². The van der Waals surface area contributed by atoms with Gasteiger partial charge in [0.15, 0.2) is 0 Å². The van der Waals surface area contributed by atoms with Gasteiger partial charge in [0.05, 0.1) is 0 Å². The number of aromatic nitrogens is 6. The maximum absolute atomic E-state index is 12.1. The lowest BCUT2D eigenvalue weighted by molar-refractivity contribution is -0.116. The lowest BCUT2D eigenvalue weighted by Gasteiger charge is -2.04. The van der Waals surface area contributed by atoms with E-state index in [1.54, 1.807) is 0 Å². The second-order valence-electron chi connectivity index (χ2n) is 6.88. The first-order valence-electron chi connectivity index (χ1n) is 8.97. The molecule has 1 saturated carbocycles. The summed E-state index contributed by atoms with van der Waals surface area (Å²) in [5.41, 5.74) is 3.48. The zero-order chi connectivity index (χ0) is 19.0. The van der Waals surface area contributed by atoms with E-state index in [0.717, 1.165) is 11.4 Å². The predicted octanol–water partition coefficient (Wildman–Crippen LogP) is 2.33. The highest BCUT2D eigenvalue weighted by Gasteiger charge is 2.28. The molecule has 1 aliphatic rings. The molecule has 1 N–H and O–H groups in total. The summed E-state index contributed by atoms with van der Waals surface area (Å²) in [6.07, 6.45) is 2.94. The zero-order valence-electron chi connectivity index (χ0n) is 15.6. The average molecular weight is 367 g/mol. The molecular formula is C18H21N7O2. The number of nitrogens with zero attached hydrogens (tertiary/aromatic N) is 6. The highest BCUT2D eigenvalue weighted by atomic mass is 16.4. The van der Waals surface area contributed by atoms with E-state index in [2.05, 4.69) is 30.6 Å². The zero-order valence-corrected chi connectivity index (χ0v) is 15.6. The fraction of sp³-hybridized carbons (Fsp3) is 0.444. The molecule has 0 spiro atoms. The molecular weight excluding hydrogens is 346 g/mol. The molecule has 3 aromatic rings. The van der Waals surface area contributed by atoms with Crippen LogP contribution in [0.4, 0.5) is 5.95 Å². The Kier molecular flexibility index (Phi) is 4.43. The third kappa shape index (κ3) is 4.02. The Bertz CT molecular complexity index is 967. The number of hydrogen-bond acceptors (Lipinski definition) is 7. The Balaban J connectivity index is 1.36. The van der Waals surface area contributed by atoms with Crippen LogP contribution in [0.1, 0.15) is 48.2 Å². The molecule has 140 valence electrons. The second-order valence-corrected chi connectivity index (χ2v) is 6.88. The smallest absolute Gasteiger partial charge is 0.268 e. The minimum absolute atomic E-state index is 0.200. The van der Waals surface area contributed by atoms with Crippen LogP contribution in [0.15, 0.2) is 16.5 Å². The summed E-state index contributed by atoms with van der Waals surface area (Å²) < 4.78 is 7.54. The number of carbonyl (C=O) groups excluding carboxylic acids is 1. The predicted molar refractivity (Wildman–Crippen MR) is 96.9 cm³/mol. The Labute approximate surface area is 156 Å². The summed E-state index contributed by atoms with van der Waals surface area (Å²) in [4.78, 5) is 20.5. The molecule has 0 aromatic carbocycles. The molecule has 1 amide bonds. The molecule has 0 radical (unpaired) electrons. The highest BCUT2D eigenvalue weighted by molar-refractivity contribution is 5.89. The second kappa shape index (κ2) is 6.90. The topological polar surface area (TPSA) is 112 Å². The van der Waals surface area contributed by atoms with Crippen LogP contribution in [-0.4, -0.2) is 35.9 Å². The van der Waals surface area contributed by atoms with Crippen molar-refractivity contribution in [1.29, 1.82) is 0 Å². The van der Waals surface area contributed by atoms with Gasteiger partial charge in [-0.2, -0.15) is 5.10 Å². The van der Waals surface area contributed by atoms with Crippen molar-refractivity contribution in [3.8, 4) is 11.6 Å². The van der Waals surface area contributed by atoms with Gasteiger partial charge in [0, 0.05) is 42.9 Å². The molecule has 3 heterocycles. The van der Waals surface area contributed by atoms with Crippen molar-refractivity contribution in [3.05, 3.63) is 35.1 Å². The van der Waals surface area contributed by atoms with Crippen molar-refractivity contribution in [3.63, 3.8) is 0 Å². The van der Waals surface area contributed by atoms with E-state index >= 15 is 0 Å². The van der Waals surface area contributed by atoms with E-state index in [1.807, 2.05) is 37.7 Å². The normalized spacial score (nSPS) is 13.7. The van der Waals surface area contributed by atoms with Gasteiger partial charge in [-0.25, -0.2) is 9.97 Å². The Morgan fingerprint density at radius 1 is 1.22 bits per heavy atom. The van der Waals surface area contributed by atoms with Crippen LogP contribution in [-0.2, 0) is 18.3 Å². The summed E-state index contributed by atoms with van der Waals surface area (Å²) >= 11 is 0. The van der Waals surface area contributed by atoms with Gasteiger partial charge in [0.2, 0.25) is 17.7 Å². The average Bonchev–Trinajstić information content (AvgIpc) is 3.19. The van der Waals surface area contributed by atoms with Crippen molar-refractivity contribution >= 4 is 11.9 Å². The largest absolute Gasteiger partial charge is 0.419 e. The third-order valence-corrected chi connectivity index (χ3v) is 4.40. The van der Waals surface area contributed by atoms with Crippen molar-refractivity contribution in [2.24, 2.45) is 7.05 Å². The molecule has 1 fully saturated rings. The third-order valence-electron chi connectivity index (χ3n) is 4.40. The molecule has 0 saturated heterocycles. The Morgan fingerprint density at radius 2 is 1.96 bits per heavy atom. The van der Waals surface area contributed by atoms with E-state index in [-0.39, 0.29) is 12.3 Å². The van der Waals surface area contributed by atoms with Crippen LogP contribution >= 0.6 is 0 Å². The molecule has 1 aliphatic carbocycles. The number of aryl methyl sites for hydroxylation is 4. The van der Waals surface area contributed by atoms with Crippen LogP contribution in [0.5, 0.6) is 0 Å². The van der Waals surface area contributed by atoms with E-state index < -0.39 is 0 Å². The number of rotatable bonds is 6. The maximum Gasteiger partial charge on any atom is 0.268 e. The summed E-state index contributed by atoms with van der Waals surface area (Å²) in [6.45, 7) is 3.72. The van der Waals surface area contributed by atoms with E-state index in [4.69, 9.17) is 4.42 Å². The number of carbonyl (C=O) groups is 1. The van der Waals surface area contributed by atoms with Crippen molar-refractivity contribution < 1.29 is 9.21 Å². The molecule has 9 nitrogen and oxygen atoms in total. The molecule has 3 aromatic heterocycles. The number of hydrogen-bond donors (Lipinski definition) is 1. The molecule has 0 aliphatic heterocycles. The van der Waals surface area contributed by atoms with E-state index in [0.29, 0.717) is 35.8 Å².